The van der Waals surface area contributed by atoms with Crippen molar-refractivity contribution in [2.24, 2.45) is 0 Å². The van der Waals surface area contributed by atoms with Gasteiger partial charge in [0, 0.05) is 12.4 Å². The minimum Gasteiger partial charge on any atom is -0.450 e. The Hall–Kier alpha value is -1.76. The average molecular weight is 226 g/mol. The van der Waals surface area contributed by atoms with Crippen LogP contribution in [-0.4, -0.2) is 27.8 Å². The summed E-state index contributed by atoms with van der Waals surface area (Å²) in [5.74, 6) is 0.458. The third kappa shape index (κ3) is 4.32. The fraction of sp³-hybridized carbons (Fsp3) is 0.250. The number of amides is 1. The van der Waals surface area contributed by atoms with Crippen molar-refractivity contribution in [1.29, 1.82) is 0 Å². The summed E-state index contributed by atoms with van der Waals surface area (Å²) in [4.78, 5) is 18.7. The first-order valence-electron chi connectivity index (χ1n) is 4.23. The Bertz CT molecular complexity index is 344. The van der Waals surface area contributed by atoms with E-state index >= 15 is 0 Å². The lowest BCUT2D eigenvalue weighted by atomic mass is 10.6. The van der Waals surface area contributed by atoms with Crippen molar-refractivity contribution in [3.05, 3.63) is 18.6 Å². The predicted molar refractivity (Wildman–Crippen MR) is 58.4 cm³/mol. The predicted octanol–water partition coefficient (Wildman–Crippen LogP) is 0.919. The number of anilines is 1. The van der Waals surface area contributed by atoms with Gasteiger partial charge in [-0.15, -0.1) is 0 Å². The fourth-order valence-corrected chi connectivity index (χ4v) is 0.959. The molecule has 7 heteroatoms. The molecule has 0 saturated carbocycles. The fourth-order valence-electron chi connectivity index (χ4n) is 0.771. The molecule has 2 N–H and O–H groups in total. The quantitative estimate of drug-likeness (QED) is 0.730. The summed E-state index contributed by atoms with van der Waals surface area (Å²) in [6, 6.07) is 0. The Labute approximate surface area is 92.1 Å². The van der Waals surface area contributed by atoms with Crippen molar-refractivity contribution >= 4 is 29.2 Å². The molecule has 0 aliphatic heterocycles. The second kappa shape index (κ2) is 5.86. The maximum Gasteiger partial charge on any atom is 0.413 e. The number of rotatable bonds is 2. The summed E-state index contributed by atoms with van der Waals surface area (Å²) >= 11 is 4.84. The zero-order valence-corrected chi connectivity index (χ0v) is 8.87. The van der Waals surface area contributed by atoms with E-state index in [1.807, 2.05) is 0 Å². The largest absolute Gasteiger partial charge is 0.450 e. The summed E-state index contributed by atoms with van der Waals surface area (Å²) in [6.45, 7) is 2.00. The van der Waals surface area contributed by atoms with Crippen molar-refractivity contribution in [2.45, 2.75) is 6.92 Å². The van der Waals surface area contributed by atoms with Crippen LogP contribution in [0.3, 0.4) is 0 Å². The third-order valence-electron chi connectivity index (χ3n) is 1.30. The van der Waals surface area contributed by atoms with Crippen LogP contribution in [0.4, 0.5) is 10.6 Å². The molecular weight excluding hydrogens is 216 g/mol. The monoisotopic (exact) mass is 226 g/mol. The Morgan fingerprint density at radius 3 is 3.00 bits per heavy atom. The number of carbonyl (C=O) groups excluding carboxylic acids is 1. The van der Waals surface area contributed by atoms with Gasteiger partial charge in [-0.1, -0.05) is 0 Å². The summed E-state index contributed by atoms with van der Waals surface area (Å²) < 4.78 is 4.64. The SMILES string of the molecule is CCOC(=O)NC(=S)Nc1cnccn1. The number of carbonyl (C=O) groups is 1. The molecule has 15 heavy (non-hydrogen) atoms. The van der Waals surface area contributed by atoms with E-state index in [4.69, 9.17) is 12.2 Å². The number of aromatic nitrogens is 2. The minimum atomic E-state index is -0.598. The Kier molecular flexibility index (Phi) is 4.42. The molecule has 0 saturated heterocycles. The smallest absolute Gasteiger partial charge is 0.413 e. The number of nitrogens with one attached hydrogen (secondary N) is 2. The molecule has 0 spiro atoms. The highest BCUT2D eigenvalue weighted by Crippen LogP contribution is 1.96. The van der Waals surface area contributed by atoms with Crippen molar-refractivity contribution in [3.8, 4) is 0 Å². The molecule has 0 fully saturated rings. The van der Waals surface area contributed by atoms with Crippen LogP contribution in [0.2, 0.25) is 0 Å². The molecule has 1 aromatic heterocycles. The summed E-state index contributed by atoms with van der Waals surface area (Å²) in [5.41, 5.74) is 0. The van der Waals surface area contributed by atoms with Gasteiger partial charge in [0.25, 0.3) is 0 Å². The maximum atomic E-state index is 10.9. The van der Waals surface area contributed by atoms with Gasteiger partial charge in [-0.2, -0.15) is 0 Å². The van der Waals surface area contributed by atoms with Gasteiger partial charge in [0.1, 0.15) is 0 Å². The second-order valence-electron chi connectivity index (χ2n) is 2.39. The molecular formula is C8H10N4O2S. The maximum absolute atomic E-state index is 10.9. The van der Waals surface area contributed by atoms with Gasteiger partial charge in [0.15, 0.2) is 10.9 Å². The van der Waals surface area contributed by atoms with E-state index in [0.717, 1.165) is 0 Å². The molecule has 1 amide bonds. The Morgan fingerprint density at radius 1 is 1.60 bits per heavy atom. The topological polar surface area (TPSA) is 76.1 Å². The Morgan fingerprint density at radius 2 is 2.40 bits per heavy atom. The van der Waals surface area contributed by atoms with Crippen LogP contribution < -0.4 is 10.6 Å². The molecule has 0 bridgehead atoms. The number of hydrogen-bond donors (Lipinski definition) is 2. The van der Waals surface area contributed by atoms with Crippen LogP contribution >= 0.6 is 12.2 Å². The molecule has 0 aliphatic carbocycles. The van der Waals surface area contributed by atoms with Crippen LogP contribution in [0.25, 0.3) is 0 Å². The standard InChI is InChI=1S/C8H10N4O2S/c1-2-14-8(13)12-7(15)11-6-5-9-3-4-10-6/h3-5H,2H2,1H3,(H2,10,11,12,13,15). The highest BCUT2D eigenvalue weighted by molar-refractivity contribution is 7.80. The van der Waals surface area contributed by atoms with Crippen molar-refractivity contribution < 1.29 is 9.53 Å². The lowest BCUT2D eigenvalue weighted by Crippen LogP contribution is -2.34. The second-order valence-corrected chi connectivity index (χ2v) is 2.80. The number of nitrogens with zero attached hydrogens (tertiary/aromatic N) is 2. The van der Waals surface area contributed by atoms with Crippen molar-refractivity contribution in [1.82, 2.24) is 15.3 Å². The zero-order valence-electron chi connectivity index (χ0n) is 8.06. The number of alkyl carbamates (subject to hydrolysis) is 1. The van der Waals surface area contributed by atoms with Gasteiger partial charge in [0.2, 0.25) is 0 Å². The number of hydrogen-bond acceptors (Lipinski definition) is 5. The summed E-state index contributed by atoms with van der Waals surface area (Å²) in [6.07, 6.45) is 3.93. The molecule has 0 aromatic carbocycles. The molecule has 0 atom stereocenters. The molecule has 0 aliphatic rings. The van der Waals surface area contributed by atoms with E-state index < -0.39 is 6.09 Å². The van der Waals surface area contributed by atoms with Gasteiger partial charge in [-0.25, -0.2) is 9.78 Å². The number of ether oxygens (including phenoxy) is 1. The molecule has 0 radical (unpaired) electrons. The van der Waals surface area contributed by atoms with Gasteiger partial charge >= 0.3 is 6.09 Å². The molecule has 0 unspecified atom stereocenters. The summed E-state index contributed by atoms with van der Waals surface area (Å²) in [5, 5.41) is 5.12. The first-order chi connectivity index (χ1) is 7.22. The lowest BCUT2D eigenvalue weighted by molar-refractivity contribution is 0.158. The first kappa shape index (κ1) is 11.3. The van der Waals surface area contributed by atoms with Crippen LogP contribution in [0.15, 0.2) is 18.6 Å². The van der Waals surface area contributed by atoms with Gasteiger partial charge in [-0.05, 0) is 19.1 Å². The third-order valence-corrected chi connectivity index (χ3v) is 1.50. The molecule has 1 rings (SSSR count). The van der Waals surface area contributed by atoms with E-state index in [0.29, 0.717) is 12.4 Å². The van der Waals surface area contributed by atoms with E-state index in [1.54, 1.807) is 6.92 Å². The Balaban J connectivity index is 2.40. The van der Waals surface area contributed by atoms with Crippen LogP contribution in [0.5, 0.6) is 0 Å². The van der Waals surface area contributed by atoms with E-state index in [9.17, 15) is 4.79 Å². The highest BCUT2D eigenvalue weighted by Gasteiger charge is 2.04. The normalized spacial score (nSPS) is 9.13. The molecule has 1 aromatic rings. The average Bonchev–Trinajstić information content (AvgIpc) is 2.19. The lowest BCUT2D eigenvalue weighted by Gasteiger charge is -2.07. The van der Waals surface area contributed by atoms with Crippen LogP contribution in [-0.2, 0) is 4.74 Å². The zero-order chi connectivity index (χ0) is 11.1. The molecule has 80 valence electrons. The molecule has 1 heterocycles. The molecule has 6 nitrogen and oxygen atoms in total. The van der Waals surface area contributed by atoms with Crippen molar-refractivity contribution in [3.63, 3.8) is 0 Å². The van der Waals surface area contributed by atoms with E-state index in [1.165, 1.54) is 18.6 Å². The first-order valence-corrected chi connectivity index (χ1v) is 4.64. The van der Waals surface area contributed by atoms with E-state index in [-0.39, 0.29) is 5.11 Å². The van der Waals surface area contributed by atoms with Gasteiger partial charge < -0.3 is 10.1 Å². The summed E-state index contributed by atoms with van der Waals surface area (Å²) in [7, 11) is 0. The highest BCUT2D eigenvalue weighted by atomic mass is 32.1. The van der Waals surface area contributed by atoms with Crippen molar-refractivity contribution in [2.75, 3.05) is 11.9 Å². The van der Waals surface area contributed by atoms with Gasteiger partial charge in [-0.3, -0.25) is 10.3 Å². The van der Waals surface area contributed by atoms with Crippen LogP contribution in [0, 0.1) is 0 Å². The van der Waals surface area contributed by atoms with Gasteiger partial charge in [0.05, 0.1) is 12.8 Å². The van der Waals surface area contributed by atoms with Crippen LogP contribution in [0.1, 0.15) is 6.92 Å². The van der Waals surface area contributed by atoms with E-state index in [2.05, 4.69) is 25.3 Å². The minimum absolute atomic E-state index is 0.119. The number of thiocarbonyl (C=S) groups is 1.